The largest absolute Gasteiger partial charge is 0.362 e. The minimum atomic E-state index is 0.0950. The first-order valence-electron chi connectivity index (χ1n) is 12.7. The van der Waals surface area contributed by atoms with Crippen molar-refractivity contribution in [1.82, 2.24) is 25.4 Å². The Morgan fingerprint density at radius 1 is 1.06 bits per heavy atom. The van der Waals surface area contributed by atoms with Gasteiger partial charge in [0.05, 0.1) is 11.7 Å². The maximum Gasteiger partial charge on any atom is 0.225 e. The fourth-order valence-electron chi connectivity index (χ4n) is 5.28. The molecule has 4 heterocycles. The number of hydrogen-bond donors (Lipinski definition) is 2. The van der Waals surface area contributed by atoms with Gasteiger partial charge in [-0.3, -0.25) is 4.79 Å². The van der Waals surface area contributed by atoms with E-state index >= 15 is 0 Å². The zero-order valence-corrected chi connectivity index (χ0v) is 20.9. The van der Waals surface area contributed by atoms with Crippen LogP contribution in [0.4, 0.5) is 11.6 Å². The van der Waals surface area contributed by atoms with Crippen LogP contribution in [0, 0.1) is 19.8 Å². The lowest BCUT2D eigenvalue weighted by Gasteiger charge is -2.37. The summed E-state index contributed by atoms with van der Waals surface area (Å²) in [5, 5.41) is 17.8. The Balaban J connectivity index is 1.33. The Morgan fingerprint density at radius 2 is 1.80 bits per heavy atom. The number of amides is 1. The number of benzene rings is 1. The van der Waals surface area contributed by atoms with Gasteiger partial charge in [0.2, 0.25) is 5.91 Å². The molecule has 8 heteroatoms. The summed E-state index contributed by atoms with van der Waals surface area (Å²) < 4.78 is 0. The van der Waals surface area contributed by atoms with Crippen LogP contribution in [0.1, 0.15) is 42.6 Å². The molecule has 1 amide bonds. The van der Waals surface area contributed by atoms with Gasteiger partial charge >= 0.3 is 0 Å². The molecule has 0 unspecified atom stereocenters. The normalized spacial score (nSPS) is 18.0. The molecular formula is C27H35N7O. The minimum Gasteiger partial charge on any atom is -0.362 e. The number of rotatable bonds is 5. The maximum absolute atomic E-state index is 12.9. The number of fused-ring (bicyclic) bond motifs is 1. The van der Waals surface area contributed by atoms with E-state index in [1.807, 2.05) is 18.0 Å². The molecule has 2 aliphatic heterocycles. The number of anilines is 2. The highest BCUT2D eigenvalue weighted by molar-refractivity contribution is 5.94. The Kier molecular flexibility index (Phi) is 6.81. The second-order valence-electron chi connectivity index (χ2n) is 9.78. The van der Waals surface area contributed by atoms with Crippen LogP contribution in [0.3, 0.4) is 0 Å². The van der Waals surface area contributed by atoms with Crippen molar-refractivity contribution >= 4 is 28.3 Å². The molecule has 0 spiro atoms. The van der Waals surface area contributed by atoms with Gasteiger partial charge in [-0.05, 0) is 63.9 Å². The lowest BCUT2D eigenvalue weighted by Crippen LogP contribution is -2.51. The number of piperidine rings is 1. The van der Waals surface area contributed by atoms with Crippen molar-refractivity contribution in [3.8, 4) is 0 Å². The second kappa shape index (κ2) is 10.2. The van der Waals surface area contributed by atoms with E-state index in [4.69, 9.17) is 4.98 Å². The number of hydrogen-bond acceptors (Lipinski definition) is 7. The first-order chi connectivity index (χ1) is 17.0. The molecule has 3 aromatic rings. The van der Waals surface area contributed by atoms with Crippen LogP contribution in [0.15, 0.2) is 36.5 Å². The van der Waals surface area contributed by atoms with Crippen molar-refractivity contribution in [2.45, 2.75) is 39.7 Å². The van der Waals surface area contributed by atoms with Crippen LogP contribution in [-0.2, 0) is 4.79 Å². The van der Waals surface area contributed by atoms with Crippen LogP contribution >= 0.6 is 0 Å². The van der Waals surface area contributed by atoms with Gasteiger partial charge < -0.3 is 20.4 Å². The summed E-state index contributed by atoms with van der Waals surface area (Å²) in [6.07, 6.45) is 3.80. The topological polar surface area (TPSA) is 86.3 Å². The van der Waals surface area contributed by atoms with Gasteiger partial charge in [0.1, 0.15) is 5.82 Å². The van der Waals surface area contributed by atoms with E-state index in [0.717, 1.165) is 80.2 Å². The summed E-state index contributed by atoms with van der Waals surface area (Å²) >= 11 is 0. The molecule has 2 aromatic heterocycles. The third-order valence-corrected chi connectivity index (χ3v) is 7.45. The zero-order chi connectivity index (χ0) is 24.4. The summed E-state index contributed by atoms with van der Waals surface area (Å²) in [6.45, 7) is 11.2. The number of pyridine rings is 1. The highest BCUT2D eigenvalue weighted by Gasteiger charge is 2.29. The predicted molar refractivity (Wildman–Crippen MR) is 140 cm³/mol. The molecule has 0 bridgehead atoms. The summed E-state index contributed by atoms with van der Waals surface area (Å²) in [7, 11) is 0. The lowest BCUT2D eigenvalue weighted by atomic mass is 9.96. The van der Waals surface area contributed by atoms with Gasteiger partial charge in [-0.1, -0.05) is 24.3 Å². The molecule has 1 aromatic carbocycles. The van der Waals surface area contributed by atoms with Crippen molar-refractivity contribution in [3.63, 3.8) is 0 Å². The summed E-state index contributed by atoms with van der Waals surface area (Å²) in [6, 6.07) is 10.6. The standard InChI is InChI=1S/C27H35N7O/c1-18-6-4-5-7-22(18)19(2)30-26-23-16-25(29-17-24(23)20(3)31-32-26)33-12-14-34(15-13-33)27(35)21-8-10-28-11-9-21/h4-7,16-17,19,21,28H,8-15H2,1-3H3,(H,30,32)/t19-/m1/s1. The van der Waals surface area contributed by atoms with E-state index in [-0.39, 0.29) is 12.0 Å². The smallest absolute Gasteiger partial charge is 0.225 e. The van der Waals surface area contributed by atoms with E-state index in [9.17, 15) is 4.79 Å². The van der Waals surface area contributed by atoms with Crippen LogP contribution < -0.4 is 15.5 Å². The van der Waals surface area contributed by atoms with Gasteiger partial charge in [-0.2, -0.15) is 5.10 Å². The van der Waals surface area contributed by atoms with Crippen molar-refractivity contribution in [1.29, 1.82) is 0 Å². The number of carbonyl (C=O) groups is 1. The quantitative estimate of drug-likeness (QED) is 0.587. The Morgan fingerprint density at radius 3 is 2.54 bits per heavy atom. The molecule has 2 saturated heterocycles. The molecule has 8 nitrogen and oxygen atoms in total. The fourth-order valence-corrected chi connectivity index (χ4v) is 5.28. The molecular weight excluding hydrogens is 438 g/mol. The average molecular weight is 474 g/mol. The molecule has 0 radical (unpaired) electrons. The zero-order valence-electron chi connectivity index (χ0n) is 20.9. The highest BCUT2D eigenvalue weighted by atomic mass is 16.2. The van der Waals surface area contributed by atoms with Gasteiger partial charge in [0, 0.05) is 49.1 Å². The van der Waals surface area contributed by atoms with Crippen molar-refractivity contribution < 1.29 is 4.79 Å². The third kappa shape index (κ3) is 4.93. The van der Waals surface area contributed by atoms with Crippen molar-refractivity contribution in [2.24, 2.45) is 5.92 Å². The van der Waals surface area contributed by atoms with Crippen molar-refractivity contribution in [3.05, 3.63) is 53.3 Å². The third-order valence-electron chi connectivity index (χ3n) is 7.45. The van der Waals surface area contributed by atoms with E-state index in [2.05, 4.69) is 69.9 Å². The number of aromatic nitrogens is 3. The first-order valence-corrected chi connectivity index (χ1v) is 12.7. The number of nitrogens with zero attached hydrogens (tertiary/aromatic N) is 5. The number of nitrogens with one attached hydrogen (secondary N) is 2. The van der Waals surface area contributed by atoms with E-state index in [0.29, 0.717) is 5.91 Å². The highest BCUT2D eigenvalue weighted by Crippen LogP contribution is 2.30. The molecule has 2 N–H and O–H groups in total. The summed E-state index contributed by atoms with van der Waals surface area (Å²) in [5.74, 6) is 2.18. The molecule has 1 atom stereocenters. The Labute approximate surface area is 207 Å². The van der Waals surface area contributed by atoms with E-state index < -0.39 is 0 Å². The van der Waals surface area contributed by atoms with Gasteiger partial charge in [0.15, 0.2) is 5.82 Å². The molecule has 2 aliphatic rings. The average Bonchev–Trinajstić information content (AvgIpc) is 2.90. The van der Waals surface area contributed by atoms with Crippen LogP contribution in [0.2, 0.25) is 0 Å². The summed E-state index contributed by atoms with van der Waals surface area (Å²) in [5.41, 5.74) is 3.36. The van der Waals surface area contributed by atoms with Crippen LogP contribution in [0.25, 0.3) is 10.8 Å². The summed E-state index contributed by atoms with van der Waals surface area (Å²) in [4.78, 5) is 22.0. The molecule has 184 valence electrons. The van der Waals surface area contributed by atoms with Crippen LogP contribution in [-0.4, -0.2) is 65.3 Å². The van der Waals surface area contributed by atoms with Gasteiger partial charge in [-0.25, -0.2) is 4.98 Å². The first kappa shape index (κ1) is 23.5. The molecule has 0 saturated carbocycles. The van der Waals surface area contributed by atoms with Crippen molar-refractivity contribution in [2.75, 3.05) is 49.5 Å². The molecule has 0 aliphatic carbocycles. The van der Waals surface area contributed by atoms with E-state index in [1.165, 1.54) is 11.1 Å². The second-order valence-corrected chi connectivity index (χ2v) is 9.78. The molecule has 35 heavy (non-hydrogen) atoms. The predicted octanol–water partition coefficient (Wildman–Crippen LogP) is 3.46. The van der Waals surface area contributed by atoms with E-state index in [1.54, 1.807) is 0 Å². The van der Waals surface area contributed by atoms with Crippen LogP contribution in [0.5, 0.6) is 0 Å². The molecule has 2 fully saturated rings. The van der Waals surface area contributed by atoms with Gasteiger partial charge in [0.25, 0.3) is 0 Å². The minimum absolute atomic E-state index is 0.0950. The fraction of sp³-hybridized carbons (Fsp3) is 0.481. The Hall–Kier alpha value is -3.26. The number of carbonyl (C=O) groups excluding carboxylic acids is 1. The number of aryl methyl sites for hydroxylation is 2. The monoisotopic (exact) mass is 473 g/mol. The lowest BCUT2D eigenvalue weighted by molar-refractivity contribution is -0.136. The van der Waals surface area contributed by atoms with Gasteiger partial charge in [-0.15, -0.1) is 5.10 Å². The Bertz CT molecular complexity index is 1200. The SMILES string of the molecule is Cc1ccccc1[C@@H](C)Nc1nnc(C)c2cnc(N3CCN(C(=O)C4CCNCC4)CC3)cc12. The maximum atomic E-state index is 12.9. The number of piperazine rings is 1. The molecule has 5 rings (SSSR count).